The Balaban J connectivity index is 1.43. The number of urea groups is 1. The van der Waals surface area contributed by atoms with Crippen LogP contribution in [0.1, 0.15) is 5.56 Å². The highest BCUT2D eigenvalue weighted by Crippen LogP contribution is 2.28. The van der Waals surface area contributed by atoms with Crippen molar-refractivity contribution in [3.63, 3.8) is 0 Å². The first kappa shape index (κ1) is 20.9. The Bertz CT molecular complexity index is 884. The molecule has 1 heterocycles. The Morgan fingerprint density at radius 1 is 1.17 bits per heavy atom. The lowest BCUT2D eigenvalue weighted by atomic mass is 10.2. The van der Waals surface area contributed by atoms with Crippen molar-refractivity contribution in [3.05, 3.63) is 63.2 Å². The fraction of sp³-hybridized carbons (Fsp3) is 0.350. The van der Waals surface area contributed by atoms with Gasteiger partial charge in [0.25, 0.3) is 5.69 Å². The number of halogens is 1. The zero-order valence-electron chi connectivity index (χ0n) is 16.2. The lowest BCUT2D eigenvalue weighted by Crippen LogP contribution is -2.48. The Hall–Kier alpha value is -2.84. The predicted molar refractivity (Wildman–Crippen MR) is 115 cm³/mol. The summed E-state index contributed by atoms with van der Waals surface area (Å²) in [5.41, 5.74) is 2.39. The van der Waals surface area contributed by atoms with Crippen molar-refractivity contribution in [2.75, 3.05) is 49.5 Å². The second-order valence-electron chi connectivity index (χ2n) is 6.94. The molecular formula is C20H24ClN5O3. The summed E-state index contributed by atoms with van der Waals surface area (Å²) in [6.07, 6.45) is 0. The number of nitrogens with one attached hydrogen (secondary N) is 2. The molecule has 0 saturated carbocycles. The number of rotatable bonds is 6. The molecule has 2 aromatic rings. The first-order chi connectivity index (χ1) is 13.9. The molecule has 2 aromatic carbocycles. The third-order valence-electron chi connectivity index (χ3n) is 4.88. The van der Waals surface area contributed by atoms with Crippen LogP contribution in [-0.2, 0) is 0 Å². The van der Waals surface area contributed by atoms with Gasteiger partial charge in [-0.3, -0.25) is 15.0 Å². The van der Waals surface area contributed by atoms with Crippen molar-refractivity contribution in [1.29, 1.82) is 0 Å². The molecule has 0 atom stereocenters. The van der Waals surface area contributed by atoms with E-state index in [1.807, 2.05) is 30.0 Å². The topological polar surface area (TPSA) is 90.8 Å². The van der Waals surface area contributed by atoms with Crippen LogP contribution in [0, 0.1) is 17.0 Å². The SMILES string of the molecule is Cc1ccc(Cl)c(NC(=O)NCCN2CCN(c3ccccc3[N+](=O)[O-])CC2)c1. The number of benzene rings is 2. The summed E-state index contributed by atoms with van der Waals surface area (Å²) in [5, 5.41) is 17.3. The molecule has 8 nitrogen and oxygen atoms in total. The number of carbonyl (C=O) groups excluding carboxylic acids is 1. The van der Waals surface area contributed by atoms with E-state index in [9.17, 15) is 14.9 Å². The number of hydrogen-bond acceptors (Lipinski definition) is 5. The van der Waals surface area contributed by atoms with Gasteiger partial charge in [0.1, 0.15) is 5.69 Å². The Labute approximate surface area is 174 Å². The number of amides is 2. The molecule has 2 N–H and O–H groups in total. The molecule has 1 fully saturated rings. The highest BCUT2D eigenvalue weighted by atomic mass is 35.5. The standard InChI is InChI=1S/C20H24ClN5O3/c1-15-6-7-16(21)17(14-15)23-20(27)22-8-9-24-10-12-25(13-11-24)18-4-2-3-5-19(18)26(28)29/h2-7,14H,8-13H2,1H3,(H2,22,23,27). The maximum absolute atomic E-state index is 12.1. The van der Waals surface area contributed by atoms with E-state index in [2.05, 4.69) is 15.5 Å². The zero-order valence-corrected chi connectivity index (χ0v) is 17.0. The third kappa shape index (κ3) is 5.58. The van der Waals surface area contributed by atoms with Gasteiger partial charge < -0.3 is 15.5 Å². The summed E-state index contributed by atoms with van der Waals surface area (Å²) in [7, 11) is 0. The van der Waals surface area contributed by atoms with E-state index in [0.717, 1.165) is 18.7 Å². The van der Waals surface area contributed by atoms with Crippen LogP contribution in [0.25, 0.3) is 0 Å². The lowest BCUT2D eigenvalue weighted by Gasteiger charge is -2.35. The summed E-state index contributed by atoms with van der Waals surface area (Å²) in [5.74, 6) is 0. The molecule has 9 heteroatoms. The van der Waals surface area contributed by atoms with E-state index in [4.69, 9.17) is 11.6 Å². The van der Waals surface area contributed by atoms with Crippen LogP contribution < -0.4 is 15.5 Å². The van der Waals surface area contributed by atoms with Gasteiger partial charge in [0, 0.05) is 45.3 Å². The van der Waals surface area contributed by atoms with Crippen LogP contribution in [0.5, 0.6) is 0 Å². The number of aryl methyl sites for hydroxylation is 1. The van der Waals surface area contributed by atoms with Crippen molar-refractivity contribution < 1.29 is 9.72 Å². The number of hydrogen-bond donors (Lipinski definition) is 2. The fourth-order valence-corrected chi connectivity index (χ4v) is 3.49. The smallest absolute Gasteiger partial charge is 0.319 e. The minimum atomic E-state index is -0.343. The van der Waals surface area contributed by atoms with E-state index in [1.54, 1.807) is 18.2 Å². The molecule has 1 saturated heterocycles. The van der Waals surface area contributed by atoms with E-state index in [-0.39, 0.29) is 16.6 Å². The second kappa shape index (κ2) is 9.58. The first-order valence-corrected chi connectivity index (χ1v) is 9.83. The van der Waals surface area contributed by atoms with Gasteiger partial charge in [-0.15, -0.1) is 0 Å². The Kier molecular flexibility index (Phi) is 6.90. The summed E-state index contributed by atoms with van der Waals surface area (Å²) in [4.78, 5) is 27.2. The van der Waals surface area contributed by atoms with E-state index < -0.39 is 0 Å². The minimum absolute atomic E-state index is 0.133. The average Bonchev–Trinajstić information content (AvgIpc) is 2.71. The normalized spacial score (nSPS) is 14.5. The molecule has 1 aliphatic heterocycles. The fourth-order valence-electron chi connectivity index (χ4n) is 3.33. The van der Waals surface area contributed by atoms with Crippen molar-refractivity contribution in [1.82, 2.24) is 10.2 Å². The summed E-state index contributed by atoms with van der Waals surface area (Å²) < 4.78 is 0. The molecule has 29 heavy (non-hydrogen) atoms. The van der Waals surface area contributed by atoms with Crippen LogP contribution in [0.2, 0.25) is 5.02 Å². The van der Waals surface area contributed by atoms with Crippen molar-refractivity contribution in [3.8, 4) is 0 Å². The number of nitrogens with zero attached hydrogens (tertiary/aromatic N) is 3. The largest absolute Gasteiger partial charge is 0.363 e. The van der Waals surface area contributed by atoms with Crippen LogP contribution in [0.15, 0.2) is 42.5 Å². The predicted octanol–water partition coefficient (Wildman–Crippen LogP) is 3.50. The molecule has 3 rings (SSSR count). The number of carbonyl (C=O) groups is 1. The molecule has 1 aliphatic rings. The molecule has 0 aliphatic carbocycles. The third-order valence-corrected chi connectivity index (χ3v) is 5.20. The van der Waals surface area contributed by atoms with E-state index in [1.165, 1.54) is 6.07 Å². The second-order valence-corrected chi connectivity index (χ2v) is 7.35. The molecule has 0 unspecified atom stereocenters. The van der Waals surface area contributed by atoms with Gasteiger partial charge in [-0.25, -0.2) is 4.79 Å². The number of anilines is 2. The molecule has 2 amide bonds. The van der Waals surface area contributed by atoms with Gasteiger partial charge in [-0.05, 0) is 30.7 Å². The number of nitro benzene ring substituents is 1. The monoisotopic (exact) mass is 417 g/mol. The van der Waals surface area contributed by atoms with E-state index in [0.29, 0.717) is 42.6 Å². The average molecular weight is 418 g/mol. The maximum atomic E-state index is 12.1. The lowest BCUT2D eigenvalue weighted by molar-refractivity contribution is -0.384. The highest BCUT2D eigenvalue weighted by Gasteiger charge is 2.23. The van der Waals surface area contributed by atoms with Gasteiger partial charge in [0.05, 0.1) is 15.6 Å². The van der Waals surface area contributed by atoms with Crippen LogP contribution in [-0.4, -0.2) is 55.1 Å². The molecule has 0 spiro atoms. The van der Waals surface area contributed by atoms with Gasteiger partial charge in [-0.1, -0.05) is 29.8 Å². The molecule has 154 valence electrons. The van der Waals surface area contributed by atoms with Crippen molar-refractivity contribution >= 4 is 34.7 Å². The van der Waals surface area contributed by atoms with Crippen LogP contribution in [0.4, 0.5) is 21.9 Å². The molecule has 0 bridgehead atoms. The van der Waals surface area contributed by atoms with Crippen molar-refractivity contribution in [2.24, 2.45) is 0 Å². The summed E-state index contributed by atoms with van der Waals surface area (Å²) in [6.45, 7) is 6.10. The molecule has 0 aromatic heterocycles. The number of piperazine rings is 1. The van der Waals surface area contributed by atoms with Crippen LogP contribution in [0.3, 0.4) is 0 Å². The Morgan fingerprint density at radius 2 is 1.90 bits per heavy atom. The highest BCUT2D eigenvalue weighted by molar-refractivity contribution is 6.33. The first-order valence-electron chi connectivity index (χ1n) is 9.46. The quantitative estimate of drug-likeness (QED) is 0.554. The summed E-state index contributed by atoms with van der Waals surface area (Å²) in [6, 6.07) is 12.0. The minimum Gasteiger partial charge on any atom is -0.363 e. The molecular weight excluding hydrogens is 394 g/mol. The summed E-state index contributed by atoms with van der Waals surface area (Å²) >= 11 is 6.09. The molecule has 0 radical (unpaired) electrons. The van der Waals surface area contributed by atoms with Gasteiger partial charge in [0.2, 0.25) is 0 Å². The van der Waals surface area contributed by atoms with Crippen molar-refractivity contribution in [2.45, 2.75) is 6.92 Å². The Morgan fingerprint density at radius 3 is 2.62 bits per heavy atom. The van der Waals surface area contributed by atoms with E-state index >= 15 is 0 Å². The van der Waals surface area contributed by atoms with Gasteiger partial charge >= 0.3 is 6.03 Å². The van der Waals surface area contributed by atoms with Crippen LogP contribution >= 0.6 is 11.6 Å². The zero-order chi connectivity index (χ0) is 20.8. The van der Waals surface area contributed by atoms with Gasteiger partial charge in [-0.2, -0.15) is 0 Å². The van der Waals surface area contributed by atoms with Gasteiger partial charge in [0.15, 0.2) is 0 Å². The number of nitro groups is 1. The maximum Gasteiger partial charge on any atom is 0.319 e. The number of para-hydroxylation sites is 2.